The zero-order chi connectivity index (χ0) is 14.2. The van der Waals surface area contributed by atoms with Crippen LogP contribution in [0.25, 0.3) is 11.5 Å². The largest absolute Gasteiger partial charge is 0.384 e. The molecule has 1 atom stereocenters. The predicted molar refractivity (Wildman–Crippen MR) is 80.2 cm³/mol. The first-order chi connectivity index (χ1) is 10.3. The molecule has 0 saturated carbocycles. The van der Waals surface area contributed by atoms with Gasteiger partial charge in [0.25, 0.3) is 5.89 Å². The van der Waals surface area contributed by atoms with E-state index < -0.39 is 0 Å². The van der Waals surface area contributed by atoms with Gasteiger partial charge in [-0.2, -0.15) is 4.98 Å². The molecule has 110 valence electrons. The second-order valence-corrected chi connectivity index (χ2v) is 5.71. The van der Waals surface area contributed by atoms with Crippen molar-refractivity contribution in [1.29, 1.82) is 0 Å². The average molecular weight is 285 g/mol. The third-order valence-corrected chi connectivity index (χ3v) is 4.31. The lowest BCUT2D eigenvalue weighted by molar-refractivity contribution is 0.190. The quantitative estimate of drug-likeness (QED) is 0.866. The highest BCUT2D eigenvalue weighted by Gasteiger charge is 2.25. The van der Waals surface area contributed by atoms with Gasteiger partial charge in [0.15, 0.2) is 5.82 Å². The summed E-state index contributed by atoms with van der Waals surface area (Å²) in [5, 5.41) is 10.9. The minimum absolute atomic E-state index is 0.187. The second kappa shape index (κ2) is 5.13. The first-order valence-electron chi connectivity index (χ1n) is 7.43. The van der Waals surface area contributed by atoms with Gasteiger partial charge in [-0.25, -0.2) is 0 Å². The van der Waals surface area contributed by atoms with Crippen molar-refractivity contribution in [3.8, 4) is 11.5 Å². The Bertz CT molecular complexity index is 653. The summed E-state index contributed by atoms with van der Waals surface area (Å²) in [5.74, 6) is 1.37. The predicted octanol–water partition coefficient (Wildman–Crippen LogP) is 1.28. The Labute approximate surface area is 123 Å². The third-order valence-electron chi connectivity index (χ3n) is 4.31. The topological polar surface area (TPSA) is 66.2 Å². The Morgan fingerprint density at radius 3 is 3.19 bits per heavy atom. The number of anilines is 1. The molecule has 6 heteroatoms. The summed E-state index contributed by atoms with van der Waals surface area (Å²) in [6.07, 6.45) is 1.06. The minimum Gasteiger partial charge on any atom is -0.384 e. The number of piperazine rings is 1. The molecular weight excluding hydrogens is 266 g/mol. The number of nitrogens with zero attached hydrogens (tertiary/aromatic N) is 3. The Morgan fingerprint density at radius 1 is 1.33 bits per heavy atom. The van der Waals surface area contributed by atoms with Crippen molar-refractivity contribution in [3.05, 3.63) is 29.6 Å². The molecule has 0 spiro atoms. The number of aromatic nitrogens is 2. The van der Waals surface area contributed by atoms with Gasteiger partial charge in [0.1, 0.15) is 0 Å². The van der Waals surface area contributed by atoms with Crippen LogP contribution in [-0.2, 0) is 6.42 Å². The van der Waals surface area contributed by atoms with Gasteiger partial charge in [-0.05, 0) is 37.2 Å². The van der Waals surface area contributed by atoms with Crippen molar-refractivity contribution in [2.45, 2.75) is 12.5 Å². The lowest BCUT2D eigenvalue weighted by Crippen LogP contribution is -2.44. The van der Waals surface area contributed by atoms with Gasteiger partial charge < -0.3 is 15.2 Å². The zero-order valence-electron chi connectivity index (χ0n) is 12.1. The summed E-state index contributed by atoms with van der Waals surface area (Å²) in [5.41, 5.74) is 3.54. The summed E-state index contributed by atoms with van der Waals surface area (Å²) in [4.78, 5) is 6.86. The van der Waals surface area contributed by atoms with Crippen LogP contribution >= 0.6 is 0 Å². The number of likely N-dealkylation sites (N-methyl/N-ethyl adjacent to an activating group) is 1. The van der Waals surface area contributed by atoms with E-state index >= 15 is 0 Å². The molecule has 2 aliphatic rings. The van der Waals surface area contributed by atoms with E-state index in [9.17, 15) is 0 Å². The average Bonchev–Trinajstić information content (AvgIpc) is 3.16. The number of fused-ring (bicyclic) bond motifs is 1. The molecular formula is C15H19N5O. The maximum atomic E-state index is 5.48. The summed E-state index contributed by atoms with van der Waals surface area (Å²) in [6, 6.07) is 6.47. The van der Waals surface area contributed by atoms with Crippen LogP contribution in [0.2, 0.25) is 0 Å². The molecule has 3 heterocycles. The van der Waals surface area contributed by atoms with Gasteiger partial charge in [0.2, 0.25) is 0 Å². The fraction of sp³-hybridized carbons (Fsp3) is 0.467. The third kappa shape index (κ3) is 2.30. The molecule has 1 aromatic carbocycles. The number of hydrogen-bond donors (Lipinski definition) is 2. The van der Waals surface area contributed by atoms with E-state index in [1.807, 2.05) is 6.07 Å². The SMILES string of the molecule is CN1CCNCC1c1noc(-c2ccc3c(c2)CCN3)n1. The number of hydrogen-bond acceptors (Lipinski definition) is 6. The summed E-state index contributed by atoms with van der Waals surface area (Å²) < 4.78 is 5.48. The monoisotopic (exact) mass is 285 g/mol. The van der Waals surface area contributed by atoms with Crippen LogP contribution in [0.1, 0.15) is 17.4 Å². The second-order valence-electron chi connectivity index (χ2n) is 5.71. The van der Waals surface area contributed by atoms with E-state index in [0.29, 0.717) is 5.89 Å². The Balaban J connectivity index is 1.62. The maximum Gasteiger partial charge on any atom is 0.257 e. The Kier molecular flexibility index (Phi) is 3.12. The van der Waals surface area contributed by atoms with Crippen LogP contribution in [-0.4, -0.2) is 48.3 Å². The lowest BCUT2D eigenvalue weighted by atomic mass is 10.1. The fourth-order valence-corrected chi connectivity index (χ4v) is 3.02. The van der Waals surface area contributed by atoms with Crippen molar-refractivity contribution in [2.24, 2.45) is 0 Å². The number of nitrogens with one attached hydrogen (secondary N) is 2. The van der Waals surface area contributed by atoms with Gasteiger partial charge in [-0.3, -0.25) is 4.90 Å². The first-order valence-corrected chi connectivity index (χ1v) is 7.43. The van der Waals surface area contributed by atoms with Gasteiger partial charge in [0, 0.05) is 37.4 Å². The van der Waals surface area contributed by atoms with Crippen molar-refractivity contribution >= 4 is 5.69 Å². The summed E-state index contributed by atoms with van der Waals surface area (Å²) in [6.45, 7) is 3.88. The highest BCUT2D eigenvalue weighted by atomic mass is 16.5. The van der Waals surface area contributed by atoms with E-state index in [-0.39, 0.29) is 6.04 Å². The first kappa shape index (κ1) is 12.8. The van der Waals surface area contributed by atoms with Crippen molar-refractivity contribution in [2.75, 3.05) is 38.5 Å². The van der Waals surface area contributed by atoms with E-state index in [4.69, 9.17) is 4.52 Å². The minimum atomic E-state index is 0.187. The van der Waals surface area contributed by atoms with E-state index in [2.05, 4.69) is 44.9 Å². The maximum absolute atomic E-state index is 5.48. The van der Waals surface area contributed by atoms with Crippen LogP contribution in [0, 0.1) is 0 Å². The normalized spacial score (nSPS) is 22.0. The van der Waals surface area contributed by atoms with Crippen molar-refractivity contribution in [3.63, 3.8) is 0 Å². The fourth-order valence-electron chi connectivity index (χ4n) is 3.02. The summed E-state index contributed by atoms with van der Waals surface area (Å²) >= 11 is 0. The van der Waals surface area contributed by atoms with Crippen LogP contribution in [0.3, 0.4) is 0 Å². The molecule has 1 fully saturated rings. The molecule has 6 nitrogen and oxygen atoms in total. The molecule has 4 rings (SSSR count). The smallest absolute Gasteiger partial charge is 0.257 e. The molecule has 1 aromatic heterocycles. The Morgan fingerprint density at radius 2 is 2.29 bits per heavy atom. The van der Waals surface area contributed by atoms with Crippen LogP contribution in [0.5, 0.6) is 0 Å². The highest BCUT2D eigenvalue weighted by Crippen LogP contribution is 2.28. The number of rotatable bonds is 2. The lowest BCUT2D eigenvalue weighted by Gasteiger charge is -2.30. The molecule has 1 saturated heterocycles. The Hall–Kier alpha value is -1.92. The van der Waals surface area contributed by atoms with Crippen LogP contribution in [0.15, 0.2) is 22.7 Å². The molecule has 2 N–H and O–H groups in total. The van der Waals surface area contributed by atoms with Crippen molar-refractivity contribution in [1.82, 2.24) is 20.4 Å². The van der Waals surface area contributed by atoms with Crippen molar-refractivity contribution < 1.29 is 4.52 Å². The van der Waals surface area contributed by atoms with Gasteiger partial charge in [0.05, 0.1) is 6.04 Å². The van der Waals surface area contributed by atoms with Gasteiger partial charge >= 0.3 is 0 Å². The summed E-state index contributed by atoms with van der Waals surface area (Å²) in [7, 11) is 2.10. The molecule has 21 heavy (non-hydrogen) atoms. The molecule has 2 aliphatic heterocycles. The highest BCUT2D eigenvalue weighted by molar-refractivity contribution is 5.64. The van der Waals surface area contributed by atoms with Crippen LogP contribution < -0.4 is 10.6 Å². The van der Waals surface area contributed by atoms with Crippen LogP contribution in [0.4, 0.5) is 5.69 Å². The molecule has 0 radical (unpaired) electrons. The molecule has 0 bridgehead atoms. The van der Waals surface area contributed by atoms with E-state index in [1.165, 1.54) is 11.3 Å². The molecule has 0 amide bonds. The van der Waals surface area contributed by atoms with E-state index in [0.717, 1.165) is 44.0 Å². The standard InChI is InChI=1S/C15H19N5O/c1-20-7-6-16-9-13(20)14-18-15(21-19-14)11-2-3-12-10(8-11)4-5-17-12/h2-3,8,13,16-17H,4-7,9H2,1H3. The number of benzene rings is 1. The van der Waals surface area contributed by atoms with Gasteiger partial charge in [-0.15, -0.1) is 0 Å². The molecule has 1 unspecified atom stereocenters. The zero-order valence-corrected chi connectivity index (χ0v) is 12.1. The molecule has 0 aliphatic carbocycles. The van der Waals surface area contributed by atoms with Gasteiger partial charge in [-0.1, -0.05) is 5.16 Å². The molecule has 2 aromatic rings. The van der Waals surface area contributed by atoms with E-state index in [1.54, 1.807) is 0 Å².